The highest BCUT2D eigenvalue weighted by Crippen LogP contribution is 2.24. The van der Waals surface area contributed by atoms with Gasteiger partial charge in [-0.25, -0.2) is 0 Å². The molecular formula is C14H22BrNO2. The van der Waals surface area contributed by atoms with Gasteiger partial charge in [0.25, 0.3) is 5.91 Å². The molecule has 0 aromatic carbocycles. The monoisotopic (exact) mass is 315 g/mol. The van der Waals surface area contributed by atoms with Crippen LogP contribution in [0.4, 0.5) is 0 Å². The van der Waals surface area contributed by atoms with Crippen molar-refractivity contribution in [2.45, 2.75) is 45.4 Å². The zero-order valence-electron chi connectivity index (χ0n) is 11.5. The Bertz CT molecular complexity index is 393. The molecule has 1 N–H and O–H groups in total. The number of hydrogen-bond donors (Lipinski definition) is 1. The molecule has 1 heterocycles. The van der Waals surface area contributed by atoms with Gasteiger partial charge in [0.2, 0.25) is 0 Å². The number of rotatable bonds is 5. The Morgan fingerprint density at radius 1 is 1.44 bits per heavy atom. The van der Waals surface area contributed by atoms with Gasteiger partial charge in [-0.3, -0.25) is 4.79 Å². The maximum atomic E-state index is 11.8. The Hall–Kier alpha value is -0.770. The van der Waals surface area contributed by atoms with Crippen molar-refractivity contribution in [3.63, 3.8) is 0 Å². The van der Waals surface area contributed by atoms with Crippen molar-refractivity contribution in [1.82, 2.24) is 5.32 Å². The third-order valence-corrected chi connectivity index (χ3v) is 3.20. The SMILES string of the molecule is CCc1ccc(C(=O)NCC(Br)CC(C)(C)C)o1. The van der Waals surface area contributed by atoms with Gasteiger partial charge in [-0.05, 0) is 24.0 Å². The van der Waals surface area contributed by atoms with E-state index in [-0.39, 0.29) is 16.1 Å². The normalized spacial score (nSPS) is 13.4. The Labute approximate surface area is 117 Å². The number of aryl methyl sites for hydroxylation is 1. The van der Waals surface area contributed by atoms with Crippen LogP contribution in [0.15, 0.2) is 16.5 Å². The van der Waals surface area contributed by atoms with Gasteiger partial charge in [0.1, 0.15) is 5.76 Å². The van der Waals surface area contributed by atoms with E-state index in [2.05, 4.69) is 42.0 Å². The lowest BCUT2D eigenvalue weighted by atomic mass is 9.90. The van der Waals surface area contributed by atoms with Crippen molar-refractivity contribution in [2.24, 2.45) is 5.41 Å². The third kappa shape index (κ3) is 5.25. The smallest absolute Gasteiger partial charge is 0.287 e. The van der Waals surface area contributed by atoms with Gasteiger partial charge in [0.05, 0.1) is 0 Å². The first kappa shape index (κ1) is 15.3. The van der Waals surface area contributed by atoms with Crippen LogP contribution in [0.25, 0.3) is 0 Å². The molecule has 1 unspecified atom stereocenters. The molecule has 1 rings (SSSR count). The largest absolute Gasteiger partial charge is 0.456 e. The second-order valence-corrected chi connectivity index (χ2v) is 6.99. The summed E-state index contributed by atoms with van der Waals surface area (Å²) in [5, 5.41) is 2.88. The molecule has 0 saturated heterocycles. The highest BCUT2D eigenvalue weighted by atomic mass is 79.9. The summed E-state index contributed by atoms with van der Waals surface area (Å²) >= 11 is 3.59. The molecule has 1 atom stereocenters. The van der Waals surface area contributed by atoms with Gasteiger partial charge < -0.3 is 9.73 Å². The number of alkyl halides is 1. The van der Waals surface area contributed by atoms with E-state index in [0.717, 1.165) is 18.6 Å². The van der Waals surface area contributed by atoms with E-state index in [1.165, 1.54) is 0 Å². The molecule has 0 radical (unpaired) electrons. The van der Waals surface area contributed by atoms with Crippen LogP contribution in [0.3, 0.4) is 0 Å². The predicted octanol–water partition coefficient (Wildman–Crippen LogP) is 3.77. The fraction of sp³-hybridized carbons (Fsp3) is 0.643. The molecule has 102 valence electrons. The van der Waals surface area contributed by atoms with Crippen LogP contribution in [0, 0.1) is 5.41 Å². The molecule has 0 spiro atoms. The van der Waals surface area contributed by atoms with E-state index in [0.29, 0.717) is 12.3 Å². The lowest BCUT2D eigenvalue weighted by Crippen LogP contribution is -2.31. The molecule has 1 aromatic heterocycles. The van der Waals surface area contributed by atoms with E-state index in [4.69, 9.17) is 4.42 Å². The van der Waals surface area contributed by atoms with Gasteiger partial charge in [-0.2, -0.15) is 0 Å². The fourth-order valence-corrected chi connectivity index (χ4v) is 2.85. The highest BCUT2D eigenvalue weighted by molar-refractivity contribution is 9.09. The summed E-state index contributed by atoms with van der Waals surface area (Å²) in [7, 11) is 0. The summed E-state index contributed by atoms with van der Waals surface area (Å²) in [6, 6.07) is 3.57. The van der Waals surface area contributed by atoms with E-state index >= 15 is 0 Å². The van der Waals surface area contributed by atoms with E-state index in [1.54, 1.807) is 6.07 Å². The molecule has 0 aliphatic carbocycles. The van der Waals surface area contributed by atoms with E-state index in [9.17, 15) is 4.79 Å². The van der Waals surface area contributed by atoms with Crippen molar-refractivity contribution >= 4 is 21.8 Å². The van der Waals surface area contributed by atoms with Crippen molar-refractivity contribution in [1.29, 1.82) is 0 Å². The number of carbonyl (C=O) groups is 1. The molecule has 4 heteroatoms. The highest BCUT2D eigenvalue weighted by Gasteiger charge is 2.18. The molecule has 0 aliphatic rings. The van der Waals surface area contributed by atoms with Crippen LogP contribution in [-0.4, -0.2) is 17.3 Å². The van der Waals surface area contributed by atoms with Crippen LogP contribution >= 0.6 is 15.9 Å². The van der Waals surface area contributed by atoms with Gasteiger partial charge in [-0.1, -0.05) is 43.6 Å². The van der Waals surface area contributed by atoms with Crippen LogP contribution in [0.1, 0.15) is 50.4 Å². The van der Waals surface area contributed by atoms with Crippen LogP contribution < -0.4 is 5.32 Å². The van der Waals surface area contributed by atoms with Crippen molar-refractivity contribution in [3.8, 4) is 0 Å². The predicted molar refractivity (Wildman–Crippen MR) is 77.2 cm³/mol. The minimum Gasteiger partial charge on any atom is -0.456 e. The lowest BCUT2D eigenvalue weighted by molar-refractivity contribution is 0.0923. The van der Waals surface area contributed by atoms with Crippen LogP contribution in [0.2, 0.25) is 0 Å². The quantitative estimate of drug-likeness (QED) is 0.840. The second kappa shape index (κ2) is 6.41. The minimum atomic E-state index is -0.145. The average Bonchev–Trinajstić information content (AvgIpc) is 2.72. The molecule has 1 amide bonds. The number of amides is 1. The average molecular weight is 316 g/mol. The van der Waals surface area contributed by atoms with Crippen molar-refractivity contribution < 1.29 is 9.21 Å². The number of halogens is 1. The van der Waals surface area contributed by atoms with Gasteiger partial charge >= 0.3 is 0 Å². The maximum absolute atomic E-state index is 11.8. The van der Waals surface area contributed by atoms with E-state index in [1.807, 2.05) is 13.0 Å². The second-order valence-electron chi connectivity index (χ2n) is 5.69. The summed E-state index contributed by atoms with van der Waals surface area (Å²) in [6.45, 7) is 9.16. The first-order chi connectivity index (χ1) is 8.31. The first-order valence-electron chi connectivity index (χ1n) is 6.33. The summed E-state index contributed by atoms with van der Waals surface area (Å²) in [6.07, 6.45) is 1.81. The maximum Gasteiger partial charge on any atom is 0.287 e. The van der Waals surface area contributed by atoms with Crippen molar-refractivity contribution in [2.75, 3.05) is 6.54 Å². The minimum absolute atomic E-state index is 0.145. The van der Waals surface area contributed by atoms with E-state index < -0.39 is 0 Å². The van der Waals surface area contributed by atoms with Gasteiger partial charge in [0.15, 0.2) is 5.76 Å². The first-order valence-corrected chi connectivity index (χ1v) is 7.24. The molecular weight excluding hydrogens is 294 g/mol. The summed E-state index contributed by atoms with van der Waals surface area (Å²) in [5.41, 5.74) is 0.249. The molecule has 0 bridgehead atoms. The molecule has 0 saturated carbocycles. The Kier molecular flexibility index (Phi) is 5.45. The number of carbonyl (C=O) groups excluding carboxylic acids is 1. The molecule has 0 fully saturated rings. The molecule has 1 aromatic rings. The zero-order valence-corrected chi connectivity index (χ0v) is 13.1. The molecule has 18 heavy (non-hydrogen) atoms. The fourth-order valence-electron chi connectivity index (χ4n) is 1.72. The Morgan fingerprint density at radius 2 is 2.11 bits per heavy atom. The Balaban J connectivity index is 2.41. The summed E-state index contributed by atoms with van der Waals surface area (Å²) in [5.74, 6) is 1.08. The van der Waals surface area contributed by atoms with Crippen molar-refractivity contribution in [3.05, 3.63) is 23.7 Å². The standard InChI is InChI=1S/C14H22BrNO2/c1-5-11-6-7-12(18-11)13(17)16-9-10(15)8-14(2,3)4/h6-7,10H,5,8-9H2,1-4H3,(H,16,17). The number of furan rings is 1. The lowest BCUT2D eigenvalue weighted by Gasteiger charge is -2.22. The van der Waals surface area contributed by atoms with Gasteiger partial charge in [0, 0.05) is 17.8 Å². The van der Waals surface area contributed by atoms with Crippen LogP contribution in [0.5, 0.6) is 0 Å². The summed E-state index contributed by atoms with van der Waals surface area (Å²) < 4.78 is 5.40. The third-order valence-electron chi connectivity index (χ3n) is 2.55. The zero-order chi connectivity index (χ0) is 13.8. The number of hydrogen-bond acceptors (Lipinski definition) is 2. The van der Waals surface area contributed by atoms with Crippen LogP contribution in [-0.2, 0) is 6.42 Å². The number of nitrogens with one attached hydrogen (secondary N) is 1. The Morgan fingerprint density at radius 3 is 2.61 bits per heavy atom. The summed E-state index contributed by atoms with van der Waals surface area (Å²) in [4.78, 5) is 12.1. The molecule has 0 aliphatic heterocycles. The van der Waals surface area contributed by atoms with Gasteiger partial charge in [-0.15, -0.1) is 0 Å². The molecule has 3 nitrogen and oxygen atoms in total. The topological polar surface area (TPSA) is 42.2 Å².